The number of aromatic nitrogens is 2. The van der Waals surface area contributed by atoms with Gasteiger partial charge < -0.3 is 14.6 Å². The van der Waals surface area contributed by atoms with Crippen molar-refractivity contribution in [1.82, 2.24) is 10.1 Å². The number of hydrogen-bond donors (Lipinski definition) is 1. The molecule has 0 aliphatic heterocycles. The number of benzene rings is 2. The van der Waals surface area contributed by atoms with E-state index in [1.807, 2.05) is 63.2 Å². The first-order valence-corrected chi connectivity index (χ1v) is 9.33. The molecule has 1 heterocycles. The fraction of sp³-hybridized carbons (Fsp3) is 0.273. The predicted octanol–water partition coefficient (Wildman–Crippen LogP) is 3.78. The molecule has 0 spiro atoms. The fourth-order valence-electron chi connectivity index (χ4n) is 2.66. The molecule has 0 bridgehead atoms. The Balaban J connectivity index is 1.45. The number of esters is 1. The zero-order chi connectivity index (χ0) is 20.8. The van der Waals surface area contributed by atoms with E-state index in [4.69, 9.17) is 9.26 Å². The summed E-state index contributed by atoms with van der Waals surface area (Å²) in [6, 6.07) is 13.5. The summed E-state index contributed by atoms with van der Waals surface area (Å²) in [6.45, 7) is 5.50. The highest BCUT2D eigenvalue weighted by molar-refractivity contribution is 5.93. The van der Waals surface area contributed by atoms with E-state index < -0.39 is 5.97 Å². The Morgan fingerprint density at radius 1 is 1.03 bits per heavy atom. The summed E-state index contributed by atoms with van der Waals surface area (Å²) in [5.74, 6) is -0.0682. The van der Waals surface area contributed by atoms with Crippen molar-refractivity contribution >= 4 is 17.6 Å². The minimum atomic E-state index is -0.504. The number of nitrogens with one attached hydrogen (secondary N) is 1. The van der Waals surface area contributed by atoms with Crippen molar-refractivity contribution in [3.63, 3.8) is 0 Å². The largest absolute Gasteiger partial charge is 0.456 e. The Morgan fingerprint density at radius 2 is 1.76 bits per heavy atom. The molecule has 1 aromatic heterocycles. The Morgan fingerprint density at radius 3 is 2.52 bits per heavy atom. The summed E-state index contributed by atoms with van der Waals surface area (Å²) in [6.07, 6.45) is 0.294. The van der Waals surface area contributed by atoms with Crippen LogP contribution in [0.15, 0.2) is 47.0 Å². The standard InChI is InChI=1S/C22H23N3O4/c1-14-5-8-17(9-6-14)22-24-20(29-25-22)10-11-21(27)28-13-19(26)23-18-12-15(2)4-7-16(18)3/h4-9,12H,10-11,13H2,1-3H3,(H,23,26). The molecule has 0 radical (unpaired) electrons. The fourth-order valence-corrected chi connectivity index (χ4v) is 2.66. The van der Waals surface area contributed by atoms with Crippen LogP contribution in [-0.2, 0) is 20.7 Å². The van der Waals surface area contributed by atoms with Gasteiger partial charge in [-0.15, -0.1) is 0 Å². The quantitative estimate of drug-likeness (QED) is 0.614. The predicted molar refractivity (Wildman–Crippen MR) is 108 cm³/mol. The highest BCUT2D eigenvalue weighted by Crippen LogP contribution is 2.17. The molecule has 3 aromatic rings. The summed E-state index contributed by atoms with van der Waals surface area (Å²) in [4.78, 5) is 28.2. The minimum absolute atomic E-state index is 0.0479. The average Bonchev–Trinajstić information content (AvgIpc) is 3.17. The molecule has 1 amide bonds. The van der Waals surface area contributed by atoms with E-state index in [1.165, 1.54) is 0 Å². The van der Waals surface area contributed by atoms with Crippen LogP contribution in [0.1, 0.15) is 29.0 Å². The van der Waals surface area contributed by atoms with Gasteiger partial charge in [0.15, 0.2) is 6.61 Å². The van der Waals surface area contributed by atoms with Crippen LogP contribution in [0.25, 0.3) is 11.4 Å². The zero-order valence-corrected chi connectivity index (χ0v) is 16.7. The number of amides is 1. The highest BCUT2D eigenvalue weighted by atomic mass is 16.5. The first-order valence-electron chi connectivity index (χ1n) is 9.33. The molecular formula is C22H23N3O4. The van der Waals surface area contributed by atoms with Crippen LogP contribution in [0.4, 0.5) is 5.69 Å². The molecule has 7 nitrogen and oxygen atoms in total. The topological polar surface area (TPSA) is 94.3 Å². The number of anilines is 1. The maximum atomic E-state index is 12.0. The Labute approximate surface area is 169 Å². The molecule has 150 valence electrons. The number of aryl methyl sites for hydroxylation is 4. The van der Waals surface area contributed by atoms with Crippen molar-refractivity contribution in [3.05, 3.63) is 65.0 Å². The molecule has 2 aromatic carbocycles. The van der Waals surface area contributed by atoms with Gasteiger partial charge in [-0.3, -0.25) is 9.59 Å². The third kappa shape index (κ3) is 5.75. The molecule has 0 aliphatic rings. The Bertz CT molecular complexity index is 1010. The normalized spacial score (nSPS) is 10.6. The maximum Gasteiger partial charge on any atom is 0.306 e. The first-order chi connectivity index (χ1) is 13.9. The van der Waals surface area contributed by atoms with Crippen molar-refractivity contribution < 1.29 is 18.8 Å². The molecule has 3 rings (SSSR count). The molecule has 0 saturated heterocycles. The SMILES string of the molecule is Cc1ccc(-c2noc(CCC(=O)OCC(=O)Nc3cc(C)ccc3C)n2)cc1. The van der Waals surface area contributed by atoms with Gasteiger partial charge in [0.1, 0.15) is 0 Å². The van der Waals surface area contributed by atoms with Crippen LogP contribution in [-0.4, -0.2) is 28.6 Å². The van der Waals surface area contributed by atoms with Crippen LogP contribution in [0.5, 0.6) is 0 Å². The van der Waals surface area contributed by atoms with Crippen LogP contribution >= 0.6 is 0 Å². The molecule has 0 saturated carbocycles. The third-order valence-electron chi connectivity index (χ3n) is 4.35. The van der Waals surface area contributed by atoms with Crippen LogP contribution in [0, 0.1) is 20.8 Å². The monoisotopic (exact) mass is 393 g/mol. The van der Waals surface area contributed by atoms with Gasteiger partial charge in [-0.05, 0) is 38.0 Å². The minimum Gasteiger partial charge on any atom is -0.456 e. The number of rotatable bonds is 7. The number of hydrogen-bond acceptors (Lipinski definition) is 6. The lowest BCUT2D eigenvalue weighted by Crippen LogP contribution is -2.21. The summed E-state index contributed by atoms with van der Waals surface area (Å²) < 4.78 is 10.2. The van der Waals surface area contributed by atoms with Crippen molar-refractivity contribution in [2.24, 2.45) is 0 Å². The average molecular weight is 393 g/mol. The third-order valence-corrected chi connectivity index (χ3v) is 4.35. The van der Waals surface area contributed by atoms with E-state index in [0.29, 0.717) is 17.4 Å². The Kier molecular flexibility index (Phi) is 6.39. The van der Waals surface area contributed by atoms with Gasteiger partial charge in [-0.2, -0.15) is 4.98 Å². The van der Waals surface area contributed by atoms with E-state index in [-0.39, 0.29) is 25.4 Å². The van der Waals surface area contributed by atoms with Crippen molar-refractivity contribution in [2.75, 3.05) is 11.9 Å². The van der Waals surface area contributed by atoms with E-state index in [0.717, 1.165) is 22.3 Å². The molecular weight excluding hydrogens is 370 g/mol. The number of carbonyl (C=O) groups excluding carboxylic acids is 2. The molecule has 0 fully saturated rings. The summed E-state index contributed by atoms with van der Waals surface area (Å²) >= 11 is 0. The lowest BCUT2D eigenvalue weighted by molar-refractivity contribution is -0.147. The lowest BCUT2D eigenvalue weighted by atomic mass is 10.1. The highest BCUT2D eigenvalue weighted by Gasteiger charge is 2.13. The van der Waals surface area contributed by atoms with Crippen LogP contribution in [0.3, 0.4) is 0 Å². The van der Waals surface area contributed by atoms with Crippen LogP contribution < -0.4 is 5.32 Å². The molecule has 29 heavy (non-hydrogen) atoms. The second kappa shape index (κ2) is 9.14. The number of nitrogens with zero attached hydrogens (tertiary/aromatic N) is 2. The van der Waals surface area contributed by atoms with E-state index in [9.17, 15) is 9.59 Å². The van der Waals surface area contributed by atoms with E-state index in [1.54, 1.807) is 0 Å². The second-order valence-electron chi connectivity index (χ2n) is 6.90. The first kappa shape index (κ1) is 20.3. The van der Waals surface area contributed by atoms with Gasteiger partial charge in [0, 0.05) is 17.7 Å². The summed E-state index contributed by atoms with van der Waals surface area (Å²) in [5.41, 5.74) is 4.67. The van der Waals surface area contributed by atoms with Crippen molar-refractivity contribution in [1.29, 1.82) is 0 Å². The summed E-state index contributed by atoms with van der Waals surface area (Å²) in [7, 11) is 0. The Hall–Kier alpha value is -3.48. The summed E-state index contributed by atoms with van der Waals surface area (Å²) in [5, 5.41) is 6.68. The van der Waals surface area contributed by atoms with Gasteiger partial charge in [0.25, 0.3) is 5.91 Å². The number of carbonyl (C=O) groups is 2. The van der Waals surface area contributed by atoms with Gasteiger partial charge in [0.05, 0.1) is 6.42 Å². The van der Waals surface area contributed by atoms with Crippen LogP contribution in [0.2, 0.25) is 0 Å². The van der Waals surface area contributed by atoms with Gasteiger partial charge in [0.2, 0.25) is 11.7 Å². The molecule has 0 aliphatic carbocycles. The number of ether oxygens (including phenoxy) is 1. The van der Waals surface area contributed by atoms with Gasteiger partial charge >= 0.3 is 5.97 Å². The second-order valence-corrected chi connectivity index (χ2v) is 6.90. The van der Waals surface area contributed by atoms with Gasteiger partial charge in [-0.25, -0.2) is 0 Å². The molecule has 1 N–H and O–H groups in total. The molecule has 7 heteroatoms. The zero-order valence-electron chi connectivity index (χ0n) is 16.7. The smallest absolute Gasteiger partial charge is 0.306 e. The van der Waals surface area contributed by atoms with Crippen molar-refractivity contribution in [2.45, 2.75) is 33.6 Å². The van der Waals surface area contributed by atoms with E-state index >= 15 is 0 Å². The maximum absolute atomic E-state index is 12.0. The molecule has 0 atom stereocenters. The molecule has 0 unspecified atom stereocenters. The van der Waals surface area contributed by atoms with E-state index in [2.05, 4.69) is 15.5 Å². The van der Waals surface area contributed by atoms with Gasteiger partial charge in [-0.1, -0.05) is 47.1 Å². The van der Waals surface area contributed by atoms with Crippen molar-refractivity contribution in [3.8, 4) is 11.4 Å². The lowest BCUT2D eigenvalue weighted by Gasteiger charge is -2.09.